The molecule has 1 unspecified atom stereocenters. The molecule has 9 nitrogen and oxygen atoms in total. The van der Waals surface area contributed by atoms with Crippen molar-refractivity contribution in [3.8, 4) is 0 Å². The number of nitrogens with zero attached hydrogens (tertiary/aromatic N) is 1. The van der Waals surface area contributed by atoms with Gasteiger partial charge in [-0.3, -0.25) is 0 Å². The Morgan fingerprint density at radius 3 is 2.59 bits per heavy atom. The van der Waals surface area contributed by atoms with Gasteiger partial charge >= 0.3 is 5.97 Å². The summed E-state index contributed by atoms with van der Waals surface area (Å²) in [4.78, 5) is 11.2. The first kappa shape index (κ1) is 22.6. The molecule has 0 amide bonds. The van der Waals surface area contributed by atoms with Crippen LogP contribution in [0.5, 0.6) is 0 Å². The van der Waals surface area contributed by atoms with Crippen molar-refractivity contribution in [2.45, 2.75) is 17.9 Å². The van der Waals surface area contributed by atoms with Crippen LogP contribution in [-0.4, -0.2) is 64.8 Å². The minimum absolute atomic E-state index is 0.184. The maximum Gasteiger partial charge on any atom is 0.338 e. The molecular weight excluding hydrogens is 372 g/mol. The third-order valence-corrected chi connectivity index (χ3v) is 4.70. The van der Waals surface area contributed by atoms with E-state index in [2.05, 4.69) is 10.7 Å². The van der Waals surface area contributed by atoms with E-state index in [-0.39, 0.29) is 29.7 Å². The maximum atomic E-state index is 12.1. The van der Waals surface area contributed by atoms with Crippen molar-refractivity contribution in [2.75, 3.05) is 38.1 Å². The summed E-state index contributed by atoms with van der Waals surface area (Å²) in [6.07, 6.45) is 3.11. The van der Waals surface area contributed by atoms with Crippen molar-refractivity contribution in [3.63, 3.8) is 0 Å². The number of hydrazine groups is 1. The van der Waals surface area contributed by atoms with E-state index in [1.807, 2.05) is 6.92 Å². The summed E-state index contributed by atoms with van der Waals surface area (Å²) >= 11 is 0. The molecule has 1 aromatic carbocycles. The quantitative estimate of drug-likeness (QED) is 0.229. The Balaban J connectivity index is 3.16. The summed E-state index contributed by atoms with van der Waals surface area (Å²) in [6, 6.07) is 6.26. The molecule has 10 heteroatoms. The second-order valence-corrected chi connectivity index (χ2v) is 7.71. The molecule has 0 spiro atoms. The molecule has 0 aromatic heterocycles. The van der Waals surface area contributed by atoms with E-state index in [0.29, 0.717) is 12.2 Å². The smallest absolute Gasteiger partial charge is 0.338 e. The Labute approximate surface area is 159 Å². The predicted molar refractivity (Wildman–Crippen MR) is 104 cm³/mol. The first-order valence-electron chi connectivity index (χ1n) is 8.23. The lowest BCUT2D eigenvalue weighted by atomic mass is 10.2. The summed E-state index contributed by atoms with van der Waals surface area (Å²) in [5, 5.41) is 20.8. The van der Waals surface area contributed by atoms with E-state index >= 15 is 0 Å². The number of carboxylic acid groups (broad SMARTS) is 1. The molecular formula is C17H26N4O5S. The van der Waals surface area contributed by atoms with Crippen LogP contribution in [0.25, 0.3) is 0 Å². The lowest BCUT2D eigenvalue weighted by Crippen LogP contribution is -2.48. The minimum Gasteiger partial charge on any atom is -0.478 e. The Kier molecular flexibility index (Phi) is 8.92. The third kappa shape index (κ3) is 7.00. The highest BCUT2D eigenvalue weighted by Crippen LogP contribution is 2.24. The van der Waals surface area contributed by atoms with Crippen molar-refractivity contribution in [1.82, 2.24) is 10.7 Å². The van der Waals surface area contributed by atoms with Crippen LogP contribution in [0.3, 0.4) is 0 Å². The number of rotatable bonds is 12. The van der Waals surface area contributed by atoms with Crippen molar-refractivity contribution in [3.05, 3.63) is 36.0 Å². The van der Waals surface area contributed by atoms with Crippen LogP contribution in [-0.2, 0) is 19.4 Å². The van der Waals surface area contributed by atoms with Gasteiger partial charge in [0.1, 0.15) is 0 Å². The van der Waals surface area contributed by atoms with Crippen molar-refractivity contribution >= 4 is 27.7 Å². The Bertz CT molecular complexity index is 779. The summed E-state index contributed by atoms with van der Waals surface area (Å²) in [5.74, 6) is -1.22. The topological polar surface area (TPSA) is 132 Å². The van der Waals surface area contributed by atoms with Gasteiger partial charge in [0.25, 0.3) is 0 Å². The highest BCUT2D eigenvalue weighted by atomic mass is 32.2. The zero-order valence-electron chi connectivity index (χ0n) is 15.6. The molecule has 0 bridgehead atoms. The molecule has 0 heterocycles. The number of aliphatic carboxylic acids is 1. The second kappa shape index (κ2) is 10.7. The molecule has 27 heavy (non-hydrogen) atoms. The second-order valence-electron chi connectivity index (χ2n) is 5.73. The summed E-state index contributed by atoms with van der Waals surface area (Å²) in [7, 11) is -1.93. The highest BCUT2D eigenvalue weighted by molar-refractivity contribution is 7.90. The van der Waals surface area contributed by atoms with E-state index in [9.17, 15) is 13.2 Å². The number of para-hydroxylation sites is 1. The van der Waals surface area contributed by atoms with E-state index in [1.165, 1.54) is 19.4 Å². The molecule has 1 rings (SSSR count). The highest BCUT2D eigenvalue weighted by Gasteiger charge is 2.20. The number of carbonyl (C=O) groups is 1. The predicted octanol–water partition coefficient (Wildman–Crippen LogP) is 0.644. The molecule has 0 aliphatic heterocycles. The van der Waals surface area contributed by atoms with Crippen LogP contribution < -0.4 is 15.8 Å². The number of sulfone groups is 1. The third-order valence-electron chi connectivity index (χ3n) is 3.55. The van der Waals surface area contributed by atoms with Gasteiger partial charge in [0.05, 0.1) is 35.3 Å². The summed E-state index contributed by atoms with van der Waals surface area (Å²) in [6.45, 7) is 2.96. The van der Waals surface area contributed by atoms with Gasteiger partial charge < -0.3 is 25.6 Å². The number of anilines is 1. The number of ether oxygens (including phenoxy) is 1. The fourth-order valence-electron chi connectivity index (χ4n) is 2.38. The van der Waals surface area contributed by atoms with Crippen LogP contribution in [0.15, 0.2) is 40.9 Å². The van der Waals surface area contributed by atoms with E-state index in [1.54, 1.807) is 23.2 Å². The van der Waals surface area contributed by atoms with Gasteiger partial charge in [-0.25, -0.2) is 18.6 Å². The Hall–Kier alpha value is -2.43. The van der Waals surface area contributed by atoms with E-state index in [0.717, 1.165) is 12.5 Å². The molecule has 0 aliphatic carbocycles. The summed E-state index contributed by atoms with van der Waals surface area (Å²) in [5.41, 5.74) is 3.40. The lowest BCUT2D eigenvalue weighted by molar-refractivity contribution is -0.132. The number of benzene rings is 1. The molecule has 150 valence electrons. The summed E-state index contributed by atoms with van der Waals surface area (Å²) < 4.78 is 29.4. The average Bonchev–Trinajstić information content (AvgIpc) is 2.60. The molecule has 0 radical (unpaired) electrons. The Morgan fingerprint density at radius 2 is 2.07 bits per heavy atom. The lowest BCUT2D eigenvalue weighted by Gasteiger charge is -2.30. The standard InChI is InChI=1S/C17H26N4O5S/c1-4-20-21(15-7-5-6-8-16(15)27(3,24)25)11-14(12-26-2)19-10-13(9-18)17(22)23/h5-10,14,18-20H,4,11-12H2,1-3H3,(H,22,23)/b13-10+,18-9?. The molecule has 0 aliphatic rings. The van der Waals surface area contributed by atoms with Gasteiger partial charge in [0, 0.05) is 32.3 Å². The maximum absolute atomic E-state index is 12.1. The normalized spacial score (nSPS) is 13.1. The van der Waals surface area contributed by atoms with Crippen molar-refractivity contribution in [1.29, 1.82) is 5.41 Å². The van der Waals surface area contributed by atoms with Gasteiger partial charge in [-0.15, -0.1) is 0 Å². The molecule has 0 fully saturated rings. The first-order valence-corrected chi connectivity index (χ1v) is 10.1. The fraction of sp³-hybridized carbons (Fsp3) is 0.412. The van der Waals surface area contributed by atoms with E-state index in [4.69, 9.17) is 15.3 Å². The van der Waals surface area contributed by atoms with Crippen LogP contribution in [0.4, 0.5) is 5.69 Å². The van der Waals surface area contributed by atoms with Crippen LogP contribution in [0, 0.1) is 5.41 Å². The van der Waals surface area contributed by atoms with Crippen LogP contribution in [0.1, 0.15) is 6.92 Å². The molecule has 1 aromatic rings. The SMILES string of the molecule is CCNN(CC(COC)N/C=C(\C=N)C(=O)O)c1ccccc1S(C)(=O)=O. The van der Waals surface area contributed by atoms with Gasteiger partial charge in [0.15, 0.2) is 9.84 Å². The Morgan fingerprint density at radius 1 is 1.41 bits per heavy atom. The van der Waals surface area contributed by atoms with Gasteiger partial charge in [0.2, 0.25) is 0 Å². The van der Waals surface area contributed by atoms with Crippen LogP contribution >= 0.6 is 0 Å². The molecule has 0 saturated carbocycles. The van der Waals surface area contributed by atoms with Gasteiger partial charge in [-0.05, 0) is 12.1 Å². The average molecular weight is 398 g/mol. The van der Waals surface area contributed by atoms with Crippen LogP contribution in [0.2, 0.25) is 0 Å². The van der Waals surface area contributed by atoms with E-state index < -0.39 is 15.8 Å². The first-order chi connectivity index (χ1) is 12.7. The minimum atomic E-state index is -3.44. The van der Waals surface area contributed by atoms with Crippen molar-refractivity contribution < 1.29 is 23.1 Å². The molecule has 4 N–H and O–H groups in total. The monoisotopic (exact) mass is 398 g/mol. The molecule has 0 saturated heterocycles. The largest absolute Gasteiger partial charge is 0.478 e. The zero-order valence-corrected chi connectivity index (χ0v) is 16.4. The number of hydrogen-bond donors (Lipinski definition) is 4. The number of methoxy groups -OCH3 is 1. The number of hydrogen-bond acceptors (Lipinski definition) is 8. The fourth-order valence-corrected chi connectivity index (χ4v) is 3.26. The van der Waals surface area contributed by atoms with Gasteiger partial charge in [-0.2, -0.15) is 0 Å². The van der Waals surface area contributed by atoms with Gasteiger partial charge in [-0.1, -0.05) is 19.1 Å². The zero-order chi connectivity index (χ0) is 20.4. The number of nitrogens with one attached hydrogen (secondary N) is 3. The number of carboxylic acids is 1. The molecule has 1 atom stereocenters. The van der Waals surface area contributed by atoms with Crippen molar-refractivity contribution in [2.24, 2.45) is 0 Å².